The van der Waals surface area contributed by atoms with Crippen molar-refractivity contribution < 1.29 is 14.4 Å². The number of nitrogens with two attached hydrogens (primary N) is 3. The number of nitrogens with zero attached hydrogens (tertiary/aromatic N) is 3. The Kier molecular flexibility index (Phi) is 13.5. The molecule has 9 heteroatoms. The minimum Gasteiger partial charge on any atom is -0.370 e. The Morgan fingerprint density at radius 2 is 1.00 bits per heavy atom. The molecule has 0 saturated heterocycles. The van der Waals surface area contributed by atoms with Crippen LogP contribution in [0.25, 0.3) is 0 Å². The van der Waals surface area contributed by atoms with Crippen LogP contribution in [0.15, 0.2) is 0 Å². The van der Waals surface area contributed by atoms with Crippen LogP contribution in [0.2, 0.25) is 0 Å². The highest BCUT2D eigenvalue weighted by atomic mass is 16.1. The monoisotopic (exact) mass is 372 g/mol. The lowest BCUT2D eigenvalue weighted by Crippen LogP contribution is -2.41. The molecule has 0 fully saturated rings. The highest BCUT2D eigenvalue weighted by molar-refractivity contribution is 5.74. The molecular weight excluding hydrogens is 336 g/mol. The number of hydrogen-bond donors (Lipinski definition) is 3. The van der Waals surface area contributed by atoms with Crippen molar-refractivity contribution in [3.8, 4) is 0 Å². The first-order valence-electron chi connectivity index (χ1n) is 9.22. The number of hydrogen-bond acceptors (Lipinski definition) is 6. The van der Waals surface area contributed by atoms with Crippen molar-refractivity contribution in [1.82, 2.24) is 14.7 Å². The number of rotatable bonds is 17. The van der Waals surface area contributed by atoms with E-state index in [4.69, 9.17) is 17.2 Å². The number of amides is 3. The lowest BCUT2D eigenvalue weighted by Gasteiger charge is -2.28. The van der Waals surface area contributed by atoms with Crippen molar-refractivity contribution in [2.75, 3.05) is 59.4 Å². The summed E-state index contributed by atoms with van der Waals surface area (Å²) in [5.41, 5.74) is 15.6. The molecule has 6 N–H and O–H groups in total. The molecule has 0 aromatic heterocycles. The van der Waals surface area contributed by atoms with Crippen molar-refractivity contribution in [1.29, 1.82) is 0 Å². The molecule has 0 rings (SSSR count). The predicted octanol–water partition coefficient (Wildman–Crippen LogP) is -1.44. The average Bonchev–Trinajstić information content (AvgIpc) is 2.56. The van der Waals surface area contributed by atoms with Gasteiger partial charge in [-0.05, 0) is 20.0 Å². The summed E-state index contributed by atoms with van der Waals surface area (Å²) in [6, 6.07) is 0. The molecular formula is C17H36N6O3. The van der Waals surface area contributed by atoms with Crippen LogP contribution in [0.1, 0.15) is 32.6 Å². The van der Waals surface area contributed by atoms with E-state index >= 15 is 0 Å². The topological polar surface area (TPSA) is 139 Å². The summed E-state index contributed by atoms with van der Waals surface area (Å²) in [7, 11) is 1.97. The van der Waals surface area contributed by atoms with Gasteiger partial charge in [-0.2, -0.15) is 0 Å². The second-order valence-corrected chi connectivity index (χ2v) is 6.64. The maximum absolute atomic E-state index is 11.0. The Balaban J connectivity index is 4.40. The maximum atomic E-state index is 11.0. The summed E-state index contributed by atoms with van der Waals surface area (Å²) in [5, 5.41) is 0. The standard InChI is InChI=1S/C17H36N6O3/c1-3-7-22(12-11-21(2)8-4-15(18)24)13-14-23(9-5-16(19)25)10-6-17(20)26/h3-14H2,1-2H3,(H2,18,24)(H2,19,25)(H2,20,26). The summed E-state index contributed by atoms with van der Waals surface area (Å²) in [6.07, 6.45) is 1.93. The van der Waals surface area contributed by atoms with Crippen molar-refractivity contribution in [3.63, 3.8) is 0 Å². The van der Waals surface area contributed by atoms with Crippen molar-refractivity contribution in [2.45, 2.75) is 32.6 Å². The smallest absolute Gasteiger partial charge is 0.218 e. The highest BCUT2D eigenvalue weighted by Gasteiger charge is 2.12. The average molecular weight is 373 g/mol. The third-order valence-electron chi connectivity index (χ3n) is 4.16. The molecule has 0 saturated carbocycles. The number of carbonyl (C=O) groups is 3. The van der Waals surface area contributed by atoms with E-state index in [9.17, 15) is 14.4 Å². The fourth-order valence-electron chi connectivity index (χ4n) is 2.53. The number of carbonyl (C=O) groups excluding carboxylic acids is 3. The molecule has 152 valence electrons. The first-order valence-corrected chi connectivity index (χ1v) is 9.22. The second-order valence-electron chi connectivity index (χ2n) is 6.64. The molecule has 0 radical (unpaired) electrons. The molecule has 3 amide bonds. The van der Waals surface area contributed by atoms with Crippen LogP contribution in [0, 0.1) is 0 Å². The molecule has 0 aliphatic rings. The van der Waals surface area contributed by atoms with E-state index < -0.39 is 0 Å². The summed E-state index contributed by atoms with van der Waals surface area (Å²) >= 11 is 0. The Morgan fingerprint density at radius 3 is 1.42 bits per heavy atom. The summed E-state index contributed by atoms with van der Waals surface area (Å²) in [6.45, 7) is 8.09. The molecule has 9 nitrogen and oxygen atoms in total. The SMILES string of the molecule is CCCN(CCN(C)CCC(N)=O)CCN(CCC(N)=O)CCC(N)=O. The van der Waals surface area contributed by atoms with Crippen LogP contribution in [-0.2, 0) is 14.4 Å². The Bertz CT molecular complexity index is 415. The molecule has 0 atom stereocenters. The zero-order chi connectivity index (χ0) is 19.9. The van der Waals surface area contributed by atoms with E-state index in [0.717, 1.165) is 39.1 Å². The van der Waals surface area contributed by atoms with E-state index in [1.165, 1.54) is 0 Å². The molecule has 0 aliphatic carbocycles. The van der Waals surface area contributed by atoms with Gasteiger partial charge in [0.25, 0.3) is 0 Å². The fourth-order valence-corrected chi connectivity index (χ4v) is 2.53. The normalized spacial score (nSPS) is 11.4. The maximum Gasteiger partial charge on any atom is 0.218 e. The van der Waals surface area contributed by atoms with Crippen LogP contribution in [0.5, 0.6) is 0 Å². The number of primary amides is 3. The van der Waals surface area contributed by atoms with E-state index in [1.807, 2.05) is 7.05 Å². The van der Waals surface area contributed by atoms with E-state index in [-0.39, 0.29) is 30.6 Å². The largest absolute Gasteiger partial charge is 0.370 e. The second kappa shape index (κ2) is 14.5. The summed E-state index contributed by atoms with van der Waals surface area (Å²) in [4.78, 5) is 39.4. The zero-order valence-electron chi connectivity index (χ0n) is 16.3. The number of likely N-dealkylation sites (N-methyl/N-ethyl adjacent to an activating group) is 1. The van der Waals surface area contributed by atoms with Crippen molar-refractivity contribution >= 4 is 17.7 Å². The Hall–Kier alpha value is -1.71. The fraction of sp³-hybridized carbons (Fsp3) is 0.824. The molecule has 0 spiro atoms. The molecule has 0 aromatic carbocycles. The highest BCUT2D eigenvalue weighted by Crippen LogP contribution is 1.99. The van der Waals surface area contributed by atoms with Gasteiger partial charge in [-0.25, -0.2) is 0 Å². The minimum atomic E-state index is -0.351. The van der Waals surface area contributed by atoms with Crippen LogP contribution in [0.4, 0.5) is 0 Å². The molecule has 0 aliphatic heterocycles. The first kappa shape index (κ1) is 24.3. The third kappa shape index (κ3) is 14.6. The molecule has 0 heterocycles. The lowest BCUT2D eigenvalue weighted by atomic mass is 10.3. The van der Waals surface area contributed by atoms with Gasteiger partial charge in [0.05, 0.1) is 0 Å². The summed E-state index contributed by atoms with van der Waals surface area (Å²) < 4.78 is 0. The van der Waals surface area contributed by atoms with Gasteiger partial charge in [-0.15, -0.1) is 0 Å². The van der Waals surface area contributed by atoms with Gasteiger partial charge in [0.2, 0.25) is 17.7 Å². The van der Waals surface area contributed by atoms with Crippen LogP contribution >= 0.6 is 0 Å². The molecule has 0 aromatic rings. The van der Waals surface area contributed by atoms with Gasteiger partial charge in [0.1, 0.15) is 0 Å². The van der Waals surface area contributed by atoms with Gasteiger partial charge in [-0.3, -0.25) is 14.4 Å². The van der Waals surface area contributed by atoms with Gasteiger partial charge < -0.3 is 31.9 Å². The van der Waals surface area contributed by atoms with Crippen LogP contribution in [-0.4, -0.2) is 91.8 Å². The van der Waals surface area contributed by atoms with E-state index in [1.54, 1.807) is 0 Å². The molecule has 26 heavy (non-hydrogen) atoms. The Labute approximate surface area is 156 Å². The minimum absolute atomic E-state index is 0.266. The van der Waals surface area contributed by atoms with Gasteiger partial charge in [0, 0.05) is 65.1 Å². The van der Waals surface area contributed by atoms with Gasteiger partial charge in [-0.1, -0.05) is 6.92 Å². The quantitative estimate of drug-likeness (QED) is 0.286. The predicted molar refractivity (Wildman–Crippen MR) is 102 cm³/mol. The van der Waals surface area contributed by atoms with Gasteiger partial charge >= 0.3 is 0 Å². The first-order chi connectivity index (χ1) is 12.2. The Morgan fingerprint density at radius 1 is 0.615 bits per heavy atom. The summed E-state index contributed by atoms with van der Waals surface area (Å²) in [5.74, 6) is -0.993. The van der Waals surface area contributed by atoms with E-state index in [2.05, 4.69) is 21.6 Å². The van der Waals surface area contributed by atoms with Crippen LogP contribution < -0.4 is 17.2 Å². The zero-order valence-corrected chi connectivity index (χ0v) is 16.3. The van der Waals surface area contributed by atoms with Crippen LogP contribution in [0.3, 0.4) is 0 Å². The van der Waals surface area contributed by atoms with E-state index in [0.29, 0.717) is 26.1 Å². The molecule has 0 bridgehead atoms. The molecule has 0 unspecified atom stereocenters. The third-order valence-corrected chi connectivity index (χ3v) is 4.16. The lowest BCUT2D eigenvalue weighted by molar-refractivity contribution is -0.119. The van der Waals surface area contributed by atoms with Gasteiger partial charge in [0.15, 0.2) is 0 Å². The van der Waals surface area contributed by atoms with Crippen molar-refractivity contribution in [3.05, 3.63) is 0 Å². The van der Waals surface area contributed by atoms with Crippen molar-refractivity contribution in [2.24, 2.45) is 17.2 Å².